The van der Waals surface area contributed by atoms with Gasteiger partial charge in [-0.1, -0.05) is 36.7 Å². The monoisotopic (exact) mass is 295 g/mol. The van der Waals surface area contributed by atoms with Gasteiger partial charge in [-0.3, -0.25) is 0 Å². The molecule has 1 fully saturated rings. The van der Waals surface area contributed by atoms with E-state index in [1.165, 1.54) is 26.1 Å². The van der Waals surface area contributed by atoms with E-state index in [1.54, 1.807) is 0 Å². The molecule has 1 saturated heterocycles. The molecule has 112 valence electrons. The van der Waals surface area contributed by atoms with Gasteiger partial charge in [0.15, 0.2) is 0 Å². The molecule has 0 radical (unpaired) electrons. The van der Waals surface area contributed by atoms with Crippen LogP contribution in [0.5, 0.6) is 0 Å². The summed E-state index contributed by atoms with van der Waals surface area (Å²) in [5.74, 6) is 0. The van der Waals surface area contributed by atoms with E-state index >= 15 is 0 Å². The van der Waals surface area contributed by atoms with Crippen LogP contribution in [0.15, 0.2) is 24.3 Å². The molecule has 0 amide bonds. The zero-order valence-electron chi connectivity index (χ0n) is 12.4. The fourth-order valence-corrected chi connectivity index (χ4v) is 3.08. The van der Waals surface area contributed by atoms with Crippen LogP contribution >= 0.6 is 11.6 Å². The molecule has 1 heterocycles. The molecule has 1 atom stereocenters. The average molecular weight is 296 g/mol. The normalized spacial score (nSPS) is 19.1. The minimum absolute atomic E-state index is 0.0392. The van der Waals surface area contributed by atoms with Crippen molar-refractivity contribution in [3.8, 4) is 0 Å². The molecule has 2 N–H and O–H groups in total. The van der Waals surface area contributed by atoms with Gasteiger partial charge in [0.25, 0.3) is 0 Å². The van der Waals surface area contributed by atoms with E-state index in [0.29, 0.717) is 0 Å². The molecule has 1 unspecified atom stereocenters. The summed E-state index contributed by atoms with van der Waals surface area (Å²) >= 11 is 6.19. The maximum atomic E-state index is 6.27. The minimum atomic E-state index is 0.0392. The van der Waals surface area contributed by atoms with Crippen molar-refractivity contribution in [3.63, 3.8) is 0 Å². The van der Waals surface area contributed by atoms with E-state index in [-0.39, 0.29) is 6.04 Å². The third-order valence-corrected chi connectivity index (χ3v) is 4.41. The Kier molecular flexibility index (Phi) is 6.30. The van der Waals surface area contributed by atoms with Crippen LogP contribution in [0, 0.1) is 0 Å². The summed E-state index contributed by atoms with van der Waals surface area (Å²) in [5, 5.41) is 0.785. The van der Waals surface area contributed by atoms with Crippen molar-refractivity contribution in [2.45, 2.75) is 25.8 Å². The van der Waals surface area contributed by atoms with Crippen LogP contribution in [0.4, 0.5) is 0 Å². The van der Waals surface area contributed by atoms with Crippen molar-refractivity contribution in [1.29, 1.82) is 0 Å². The Balaban J connectivity index is 1.75. The topological polar surface area (TPSA) is 32.5 Å². The number of hydrogen-bond donors (Lipinski definition) is 1. The van der Waals surface area contributed by atoms with Crippen molar-refractivity contribution in [2.75, 3.05) is 39.3 Å². The number of hydrogen-bond acceptors (Lipinski definition) is 3. The Labute approximate surface area is 127 Å². The van der Waals surface area contributed by atoms with E-state index in [4.69, 9.17) is 17.3 Å². The Morgan fingerprint density at radius 1 is 1.10 bits per heavy atom. The first-order valence-electron chi connectivity index (χ1n) is 7.65. The molecule has 1 aromatic rings. The molecule has 1 aliphatic rings. The molecule has 1 aliphatic heterocycles. The Morgan fingerprint density at radius 2 is 1.70 bits per heavy atom. The lowest BCUT2D eigenvalue weighted by Crippen LogP contribution is -2.47. The van der Waals surface area contributed by atoms with Crippen LogP contribution < -0.4 is 5.73 Å². The first-order chi connectivity index (χ1) is 9.70. The van der Waals surface area contributed by atoms with Crippen LogP contribution in [0.1, 0.15) is 31.4 Å². The molecule has 2 rings (SSSR count). The molecule has 4 heteroatoms. The quantitative estimate of drug-likeness (QED) is 0.876. The van der Waals surface area contributed by atoms with Crippen molar-refractivity contribution < 1.29 is 0 Å². The highest BCUT2D eigenvalue weighted by atomic mass is 35.5. The van der Waals surface area contributed by atoms with Gasteiger partial charge >= 0.3 is 0 Å². The predicted molar refractivity (Wildman–Crippen MR) is 86.2 cm³/mol. The van der Waals surface area contributed by atoms with Crippen molar-refractivity contribution >= 4 is 11.6 Å². The van der Waals surface area contributed by atoms with E-state index in [2.05, 4.69) is 16.7 Å². The fourth-order valence-electron chi connectivity index (χ4n) is 2.81. The fraction of sp³-hybridized carbons (Fsp3) is 0.625. The van der Waals surface area contributed by atoms with Crippen molar-refractivity contribution in [2.24, 2.45) is 5.73 Å². The second-order valence-corrected chi connectivity index (χ2v) is 6.01. The van der Waals surface area contributed by atoms with Gasteiger partial charge in [0.1, 0.15) is 0 Å². The summed E-state index contributed by atoms with van der Waals surface area (Å²) in [7, 11) is 0. The molecule has 0 spiro atoms. The number of nitrogens with zero attached hydrogens (tertiary/aromatic N) is 2. The Bertz CT molecular complexity index is 402. The first-order valence-corrected chi connectivity index (χ1v) is 8.03. The standard InChI is InChI=1S/C16H26ClN3/c1-2-8-19-10-12-20(13-11-19)9-7-16(18)14-5-3-4-6-15(14)17/h3-6,16H,2,7-13,18H2,1H3. The van der Waals surface area contributed by atoms with Gasteiger partial charge in [-0.25, -0.2) is 0 Å². The maximum absolute atomic E-state index is 6.27. The van der Waals surface area contributed by atoms with Crippen LogP contribution in [0.2, 0.25) is 5.02 Å². The summed E-state index contributed by atoms with van der Waals surface area (Å²) in [4.78, 5) is 5.06. The predicted octanol–water partition coefficient (Wildman–Crippen LogP) is 2.76. The molecule has 3 nitrogen and oxygen atoms in total. The molecular formula is C16H26ClN3. The lowest BCUT2D eigenvalue weighted by atomic mass is 10.0. The summed E-state index contributed by atoms with van der Waals surface area (Å²) in [6.45, 7) is 9.24. The average Bonchev–Trinajstić information content (AvgIpc) is 2.47. The Morgan fingerprint density at radius 3 is 2.30 bits per heavy atom. The molecule has 0 bridgehead atoms. The summed E-state index contributed by atoms with van der Waals surface area (Å²) in [6.07, 6.45) is 2.22. The van der Waals surface area contributed by atoms with Crippen LogP contribution in [-0.4, -0.2) is 49.1 Å². The third-order valence-electron chi connectivity index (χ3n) is 4.07. The maximum Gasteiger partial charge on any atom is 0.0453 e. The van der Waals surface area contributed by atoms with Gasteiger partial charge in [-0.05, 0) is 31.0 Å². The van der Waals surface area contributed by atoms with Gasteiger partial charge in [0.2, 0.25) is 0 Å². The summed E-state index contributed by atoms with van der Waals surface area (Å²) in [6, 6.07) is 7.94. The van der Waals surface area contributed by atoms with Crippen molar-refractivity contribution in [1.82, 2.24) is 9.80 Å². The van der Waals surface area contributed by atoms with E-state index < -0.39 is 0 Å². The number of piperazine rings is 1. The van der Waals surface area contributed by atoms with Gasteiger partial charge in [0, 0.05) is 43.8 Å². The molecule has 1 aromatic carbocycles. The number of benzene rings is 1. The van der Waals surface area contributed by atoms with E-state index in [0.717, 1.165) is 36.6 Å². The van der Waals surface area contributed by atoms with Gasteiger partial charge < -0.3 is 15.5 Å². The molecule has 0 aliphatic carbocycles. The van der Waals surface area contributed by atoms with Crippen LogP contribution in [0.3, 0.4) is 0 Å². The highest BCUT2D eigenvalue weighted by molar-refractivity contribution is 6.31. The Hall–Kier alpha value is -0.610. The third kappa shape index (κ3) is 4.45. The largest absolute Gasteiger partial charge is 0.324 e. The second kappa shape index (κ2) is 7.99. The van der Waals surface area contributed by atoms with Crippen molar-refractivity contribution in [3.05, 3.63) is 34.9 Å². The van der Waals surface area contributed by atoms with Gasteiger partial charge in [-0.2, -0.15) is 0 Å². The highest BCUT2D eigenvalue weighted by Crippen LogP contribution is 2.23. The molecule has 20 heavy (non-hydrogen) atoms. The highest BCUT2D eigenvalue weighted by Gasteiger charge is 2.17. The lowest BCUT2D eigenvalue weighted by Gasteiger charge is -2.35. The number of nitrogens with two attached hydrogens (primary N) is 1. The number of rotatable bonds is 6. The lowest BCUT2D eigenvalue weighted by molar-refractivity contribution is 0.130. The second-order valence-electron chi connectivity index (χ2n) is 5.60. The minimum Gasteiger partial charge on any atom is -0.324 e. The van der Waals surface area contributed by atoms with Gasteiger partial charge in [0.05, 0.1) is 0 Å². The van der Waals surface area contributed by atoms with Crippen LogP contribution in [0.25, 0.3) is 0 Å². The molecular weight excluding hydrogens is 270 g/mol. The van der Waals surface area contributed by atoms with E-state index in [1.807, 2.05) is 24.3 Å². The van der Waals surface area contributed by atoms with Crippen LogP contribution in [-0.2, 0) is 0 Å². The molecule has 0 aromatic heterocycles. The zero-order chi connectivity index (χ0) is 14.4. The SMILES string of the molecule is CCCN1CCN(CCC(N)c2ccccc2Cl)CC1. The summed E-state index contributed by atoms with van der Waals surface area (Å²) < 4.78 is 0. The van der Waals surface area contributed by atoms with E-state index in [9.17, 15) is 0 Å². The van der Waals surface area contributed by atoms with Gasteiger partial charge in [-0.15, -0.1) is 0 Å². The zero-order valence-corrected chi connectivity index (χ0v) is 13.1. The molecule has 0 saturated carbocycles. The number of halogens is 1. The smallest absolute Gasteiger partial charge is 0.0453 e. The first kappa shape index (κ1) is 15.8. The summed E-state index contributed by atoms with van der Waals surface area (Å²) in [5.41, 5.74) is 7.33.